The number of fused-ring (bicyclic) bond motifs is 1. The third-order valence-corrected chi connectivity index (χ3v) is 4.21. The van der Waals surface area contributed by atoms with Crippen LogP contribution < -0.4 is 19.8 Å². The minimum absolute atomic E-state index is 0.0150. The SMILES string of the molecule is COC(=O)C[C@@H](c1cc(OC)c2c(c1)OCCO2)c1c(C)[nH][nH]c1=O. The van der Waals surface area contributed by atoms with Gasteiger partial charge in [-0.15, -0.1) is 0 Å². The minimum Gasteiger partial charge on any atom is -0.493 e. The number of benzene rings is 1. The minimum atomic E-state index is -0.507. The summed E-state index contributed by atoms with van der Waals surface area (Å²) >= 11 is 0. The van der Waals surface area contributed by atoms with Gasteiger partial charge in [-0.1, -0.05) is 0 Å². The zero-order valence-electron chi connectivity index (χ0n) is 14.3. The summed E-state index contributed by atoms with van der Waals surface area (Å²) in [6, 6.07) is 3.53. The van der Waals surface area contributed by atoms with Gasteiger partial charge in [0.1, 0.15) is 13.2 Å². The number of carbonyl (C=O) groups excluding carboxylic acids is 1. The molecule has 0 fully saturated rings. The molecule has 1 aromatic heterocycles. The van der Waals surface area contributed by atoms with Crippen molar-refractivity contribution >= 4 is 5.97 Å². The fourth-order valence-electron chi connectivity index (χ4n) is 3.01. The normalized spacial score (nSPS) is 14.0. The zero-order chi connectivity index (χ0) is 18.0. The van der Waals surface area contributed by atoms with E-state index in [4.69, 9.17) is 18.9 Å². The predicted molar refractivity (Wildman–Crippen MR) is 88.6 cm³/mol. The summed E-state index contributed by atoms with van der Waals surface area (Å²) in [5.41, 5.74) is 1.57. The summed E-state index contributed by atoms with van der Waals surface area (Å²) in [6.45, 7) is 2.63. The Morgan fingerprint density at radius 1 is 1.24 bits per heavy atom. The van der Waals surface area contributed by atoms with E-state index in [9.17, 15) is 9.59 Å². The summed E-state index contributed by atoms with van der Waals surface area (Å²) in [7, 11) is 2.85. The van der Waals surface area contributed by atoms with Crippen LogP contribution in [0.1, 0.15) is 29.2 Å². The number of aromatic amines is 2. The van der Waals surface area contributed by atoms with Gasteiger partial charge >= 0.3 is 5.97 Å². The van der Waals surface area contributed by atoms with Crippen LogP contribution in [-0.2, 0) is 9.53 Å². The molecule has 2 heterocycles. The fraction of sp³-hybridized carbons (Fsp3) is 0.412. The first-order valence-corrected chi connectivity index (χ1v) is 7.86. The molecule has 8 nitrogen and oxygen atoms in total. The number of aryl methyl sites for hydroxylation is 1. The van der Waals surface area contributed by atoms with E-state index in [2.05, 4.69) is 10.2 Å². The molecule has 1 aliphatic rings. The van der Waals surface area contributed by atoms with Gasteiger partial charge in [-0.2, -0.15) is 0 Å². The van der Waals surface area contributed by atoms with E-state index in [0.717, 1.165) is 0 Å². The number of carbonyl (C=O) groups is 1. The molecule has 0 spiro atoms. The highest BCUT2D eigenvalue weighted by atomic mass is 16.6. The molecule has 2 N–H and O–H groups in total. The Morgan fingerprint density at radius 3 is 2.64 bits per heavy atom. The number of aromatic nitrogens is 2. The highest BCUT2D eigenvalue weighted by Crippen LogP contribution is 2.43. The summed E-state index contributed by atoms with van der Waals surface area (Å²) in [5.74, 6) is 0.617. The van der Waals surface area contributed by atoms with Crippen molar-refractivity contribution in [3.8, 4) is 17.2 Å². The molecule has 0 unspecified atom stereocenters. The summed E-state index contributed by atoms with van der Waals surface area (Å²) in [4.78, 5) is 24.2. The molecule has 0 saturated carbocycles. The van der Waals surface area contributed by atoms with Crippen molar-refractivity contribution in [2.45, 2.75) is 19.3 Å². The standard InChI is InChI=1S/C17H20N2O6/c1-9-15(17(21)19-18-9)11(8-14(20)23-3)10-6-12(22-2)16-13(7-10)24-4-5-25-16/h6-7,11H,4-5,8H2,1-3H3,(H2,18,19,21)/t11-/m0/s1. The van der Waals surface area contributed by atoms with Gasteiger partial charge in [0.15, 0.2) is 11.5 Å². The lowest BCUT2D eigenvalue weighted by molar-refractivity contribution is -0.140. The van der Waals surface area contributed by atoms with Crippen LogP contribution in [-0.4, -0.2) is 43.6 Å². The van der Waals surface area contributed by atoms with Gasteiger partial charge in [-0.05, 0) is 24.6 Å². The largest absolute Gasteiger partial charge is 0.493 e. The molecule has 0 amide bonds. The van der Waals surface area contributed by atoms with Gasteiger partial charge < -0.3 is 24.0 Å². The van der Waals surface area contributed by atoms with Gasteiger partial charge in [0.25, 0.3) is 5.56 Å². The quantitative estimate of drug-likeness (QED) is 0.794. The van der Waals surface area contributed by atoms with E-state index < -0.39 is 11.9 Å². The molecule has 1 atom stereocenters. The van der Waals surface area contributed by atoms with Crippen LogP contribution in [0.25, 0.3) is 0 Å². The first-order chi connectivity index (χ1) is 12.0. The number of ether oxygens (including phenoxy) is 4. The number of nitrogens with one attached hydrogen (secondary N) is 2. The maximum absolute atomic E-state index is 12.2. The van der Waals surface area contributed by atoms with Crippen LogP contribution in [0.4, 0.5) is 0 Å². The van der Waals surface area contributed by atoms with Crippen LogP contribution in [0.3, 0.4) is 0 Å². The second kappa shape index (κ2) is 6.92. The summed E-state index contributed by atoms with van der Waals surface area (Å²) < 4.78 is 21.5. The fourth-order valence-corrected chi connectivity index (χ4v) is 3.01. The van der Waals surface area contributed by atoms with E-state index in [-0.39, 0.29) is 12.0 Å². The Morgan fingerprint density at radius 2 is 2.00 bits per heavy atom. The van der Waals surface area contributed by atoms with E-state index in [1.165, 1.54) is 14.2 Å². The Labute approximate surface area is 144 Å². The second-order valence-corrected chi connectivity index (χ2v) is 5.70. The van der Waals surface area contributed by atoms with Crippen molar-refractivity contribution in [2.75, 3.05) is 27.4 Å². The lowest BCUT2D eigenvalue weighted by atomic mass is 9.88. The number of methoxy groups -OCH3 is 2. The topological polar surface area (TPSA) is 103 Å². The van der Waals surface area contributed by atoms with Gasteiger partial charge in [-0.3, -0.25) is 14.7 Å². The van der Waals surface area contributed by atoms with Crippen LogP contribution in [0.15, 0.2) is 16.9 Å². The van der Waals surface area contributed by atoms with Crippen LogP contribution in [0.2, 0.25) is 0 Å². The maximum Gasteiger partial charge on any atom is 0.306 e. The van der Waals surface area contributed by atoms with Crippen molar-refractivity contribution in [1.82, 2.24) is 10.2 Å². The molecule has 8 heteroatoms. The number of esters is 1. The predicted octanol–water partition coefficient (Wildman–Crippen LogP) is 1.49. The highest BCUT2D eigenvalue weighted by Gasteiger charge is 2.28. The van der Waals surface area contributed by atoms with Crippen molar-refractivity contribution in [3.63, 3.8) is 0 Å². The lowest BCUT2D eigenvalue weighted by Crippen LogP contribution is -2.19. The Hall–Kier alpha value is -2.90. The van der Waals surface area contributed by atoms with Crippen molar-refractivity contribution < 1.29 is 23.7 Å². The average molecular weight is 348 g/mol. The Bertz CT molecular complexity index is 821. The molecule has 0 bridgehead atoms. The van der Waals surface area contributed by atoms with Gasteiger partial charge in [0.05, 0.1) is 20.6 Å². The van der Waals surface area contributed by atoms with Crippen molar-refractivity contribution in [3.05, 3.63) is 39.3 Å². The lowest BCUT2D eigenvalue weighted by Gasteiger charge is -2.23. The molecule has 2 aromatic rings. The maximum atomic E-state index is 12.2. The number of rotatable bonds is 5. The molecule has 25 heavy (non-hydrogen) atoms. The molecular weight excluding hydrogens is 328 g/mol. The highest BCUT2D eigenvalue weighted by molar-refractivity contribution is 5.72. The number of H-pyrrole nitrogens is 2. The van der Waals surface area contributed by atoms with E-state index >= 15 is 0 Å². The van der Waals surface area contributed by atoms with E-state index in [0.29, 0.717) is 47.3 Å². The van der Waals surface area contributed by atoms with E-state index in [1.54, 1.807) is 19.1 Å². The molecular formula is C17H20N2O6. The average Bonchev–Trinajstić information content (AvgIpc) is 2.96. The molecule has 134 valence electrons. The zero-order valence-corrected chi connectivity index (χ0v) is 14.3. The monoisotopic (exact) mass is 348 g/mol. The molecule has 1 aromatic carbocycles. The summed E-state index contributed by atoms with van der Waals surface area (Å²) in [6.07, 6.45) is 0.0150. The first kappa shape index (κ1) is 16.9. The van der Waals surface area contributed by atoms with Gasteiger partial charge in [0, 0.05) is 17.2 Å². The molecule has 0 radical (unpaired) electrons. The number of hydrogen-bond acceptors (Lipinski definition) is 6. The number of hydrogen-bond donors (Lipinski definition) is 2. The molecule has 0 aliphatic carbocycles. The van der Waals surface area contributed by atoms with Crippen LogP contribution >= 0.6 is 0 Å². The van der Waals surface area contributed by atoms with Gasteiger partial charge in [-0.25, -0.2) is 0 Å². The third-order valence-electron chi connectivity index (χ3n) is 4.21. The first-order valence-electron chi connectivity index (χ1n) is 7.86. The Balaban J connectivity index is 2.13. The van der Waals surface area contributed by atoms with Crippen molar-refractivity contribution in [2.24, 2.45) is 0 Å². The smallest absolute Gasteiger partial charge is 0.306 e. The molecule has 1 aliphatic heterocycles. The van der Waals surface area contributed by atoms with Crippen LogP contribution in [0.5, 0.6) is 17.2 Å². The Kier molecular flexibility index (Phi) is 4.69. The second-order valence-electron chi connectivity index (χ2n) is 5.70. The van der Waals surface area contributed by atoms with Gasteiger partial charge in [0.2, 0.25) is 5.75 Å². The van der Waals surface area contributed by atoms with Crippen molar-refractivity contribution in [1.29, 1.82) is 0 Å². The van der Waals surface area contributed by atoms with Crippen LogP contribution in [0, 0.1) is 6.92 Å². The third kappa shape index (κ3) is 3.19. The molecule has 3 rings (SSSR count). The summed E-state index contributed by atoms with van der Waals surface area (Å²) in [5, 5.41) is 5.34. The van der Waals surface area contributed by atoms with E-state index in [1.807, 2.05) is 0 Å². The molecule has 0 saturated heterocycles.